The number of carbonyl (C=O) groups is 1. The number of nitrogens with zero attached hydrogens (tertiary/aromatic N) is 3. The summed E-state index contributed by atoms with van der Waals surface area (Å²) in [6, 6.07) is 5.66. The molecule has 0 aliphatic rings. The van der Waals surface area contributed by atoms with Gasteiger partial charge in [0.15, 0.2) is 5.69 Å². The lowest BCUT2D eigenvalue weighted by Crippen LogP contribution is -2.11. The number of aromatic nitrogens is 3. The minimum Gasteiger partial charge on any atom is -0.496 e. The van der Waals surface area contributed by atoms with Crippen molar-refractivity contribution in [2.45, 2.75) is 26.3 Å². The fourth-order valence-electron chi connectivity index (χ4n) is 2.19. The summed E-state index contributed by atoms with van der Waals surface area (Å²) in [4.78, 5) is 11.2. The number of rotatable bonds is 5. The molecule has 0 atom stereocenters. The van der Waals surface area contributed by atoms with Gasteiger partial charge < -0.3 is 9.84 Å². The van der Waals surface area contributed by atoms with Gasteiger partial charge in [0.1, 0.15) is 5.75 Å². The Kier molecular flexibility index (Phi) is 4.62. The van der Waals surface area contributed by atoms with Crippen LogP contribution in [0.4, 0.5) is 0 Å². The van der Waals surface area contributed by atoms with Crippen LogP contribution in [0.15, 0.2) is 22.7 Å². The molecule has 7 heteroatoms. The number of carboxylic acid groups (broad SMARTS) is 1. The molecule has 21 heavy (non-hydrogen) atoms. The molecule has 1 aromatic heterocycles. The average molecular weight is 354 g/mol. The topological polar surface area (TPSA) is 77.2 Å². The summed E-state index contributed by atoms with van der Waals surface area (Å²) in [7, 11) is 1.60. The van der Waals surface area contributed by atoms with Gasteiger partial charge in [0.05, 0.1) is 19.3 Å². The Labute approximate surface area is 130 Å². The van der Waals surface area contributed by atoms with Crippen molar-refractivity contribution in [3.05, 3.63) is 39.6 Å². The molecule has 1 N–H and O–H groups in total. The maximum atomic E-state index is 11.2. The molecule has 6 nitrogen and oxygen atoms in total. The summed E-state index contributed by atoms with van der Waals surface area (Å²) in [5.41, 5.74) is 1.50. The van der Waals surface area contributed by atoms with E-state index in [-0.39, 0.29) is 11.6 Å². The second-order valence-electron chi connectivity index (χ2n) is 4.90. The van der Waals surface area contributed by atoms with Crippen LogP contribution in [-0.2, 0) is 6.54 Å². The van der Waals surface area contributed by atoms with E-state index >= 15 is 0 Å². The molecule has 0 aliphatic carbocycles. The fourth-order valence-corrected chi connectivity index (χ4v) is 2.60. The molecule has 0 aliphatic heterocycles. The second kappa shape index (κ2) is 6.26. The van der Waals surface area contributed by atoms with E-state index in [1.54, 1.807) is 11.8 Å². The standard InChI is InChI=1S/C14H16BrN3O3/c1-8(2)13-12(14(19)20)16-17-18(13)7-9-6-10(15)4-5-11(9)21-3/h4-6,8H,7H2,1-3H3,(H,19,20). The third kappa shape index (κ3) is 3.24. The zero-order chi connectivity index (χ0) is 15.6. The van der Waals surface area contributed by atoms with Crippen LogP contribution in [0.1, 0.15) is 41.5 Å². The van der Waals surface area contributed by atoms with Crippen molar-refractivity contribution in [2.75, 3.05) is 7.11 Å². The molecule has 0 saturated carbocycles. The van der Waals surface area contributed by atoms with Crippen LogP contribution in [0.25, 0.3) is 0 Å². The summed E-state index contributed by atoms with van der Waals surface area (Å²) in [5, 5.41) is 16.9. The van der Waals surface area contributed by atoms with Crippen molar-refractivity contribution >= 4 is 21.9 Å². The van der Waals surface area contributed by atoms with Gasteiger partial charge in [-0.25, -0.2) is 9.48 Å². The number of carboxylic acids is 1. The Balaban J connectivity index is 2.45. The predicted molar refractivity (Wildman–Crippen MR) is 80.9 cm³/mol. The normalized spacial score (nSPS) is 10.9. The first kappa shape index (κ1) is 15.5. The van der Waals surface area contributed by atoms with Gasteiger partial charge in [-0.3, -0.25) is 0 Å². The molecule has 0 bridgehead atoms. The summed E-state index contributed by atoms with van der Waals surface area (Å²) in [6.07, 6.45) is 0. The molecule has 1 aromatic carbocycles. The van der Waals surface area contributed by atoms with E-state index in [1.165, 1.54) is 0 Å². The highest BCUT2D eigenvalue weighted by Gasteiger charge is 2.22. The quantitative estimate of drug-likeness (QED) is 0.893. The van der Waals surface area contributed by atoms with Gasteiger partial charge in [0, 0.05) is 10.0 Å². The van der Waals surface area contributed by atoms with E-state index < -0.39 is 5.97 Å². The van der Waals surface area contributed by atoms with Gasteiger partial charge in [-0.05, 0) is 24.1 Å². The van der Waals surface area contributed by atoms with E-state index in [2.05, 4.69) is 26.2 Å². The van der Waals surface area contributed by atoms with Gasteiger partial charge in [0.25, 0.3) is 0 Å². The summed E-state index contributed by atoms with van der Waals surface area (Å²) in [5.74, 6) is -0.337. The molecule has 0 radical (unpaired) electrons. The first-order chi connectivity index (χ1) is 9.93. The molecule has 0 unspecified atom stereocenters. The molecule has 112 valence electrons. The molecule has 0 spiro atoms. The first-order valence-electron chi connectivity index (χ1n) is 6.43. The molecular weight excluding hydrogens is 338 g/mol. The van der Waals surface area contributed by atoms with E-state index in [9.17, 15) is 9.90 Å². The molecule has 1 heterocycles. The summed E-state index contributed by atoms with van der Waals surface area (Å²) < 4.78 is 7.86. The van der Waals surface area contributed by atoms with Crippen LogP contribution >= 0.6 is 15.9 Å². The maximum Gasteiger partial charge on any atom is 0.358 e. The van der Waals surface area contributed by atoms with E-state index in [4.69, 9.17) is 4.74 Å². The first-order valence-corrected chi connectivity index (χ1v) is 7.22. The lowest BCUT2D eigenvalue weighted by molar-refractivity contribution is 0.0688. The van der Waals surface area contributed by atoms with Gasteiger partial charge in [0.2, 0.25) is 0 Å². The molecule has 0 fully saturated rings. The van der Waals surface area contributed by atoms with Crippen LogP contribution in [-0.4, -0.2) is 33.2 Å². The number of halogens is 1. The molecule has 2 rings (SSSR count). The van der Waals surface area contributed by atoms with Crippen molar-refractivity contribution in [3.8, 4) is 5.75 Å². The molecular formula is C14H16BrN3O3. The Morgan fingerprint density at radius 2 is 2.19 bits per heavy atom. The van der Waals surface area contributed by atoms with Crippen LogP contribution in [0.5, 0.6) is 5.75 Å². The second-order valence-corrected chi connectivity index (χ2v) is 5.81. The minimum atomic E-state index is -1.06. The number of benzene rings is 1. The average Bonchev–Trinajstić information content (AvgIpc) is 2.83. The third-order valence-electron chi connectivity index (χ3n) is 3.09. The van der Waals surface area contributed by atoms with E-state index in [0.29, 0.717) is 12.2 Å². The van der Waals surface area contributed by atoms with Crippen LogP contribution in [0, 0.1) is 0 Å². The minimum absolute atomic E-state index is 0.000960. The van der Waals surface area contributed by atoms with Crippen LogP contribution < -0.4 is 4.74 Å². The monoisotopic (exact) mass is 353 g/mol. The van der Waals surface area contributed by atoms with Gasteiger partial charge in [-0.2, -0.15) is 0 Å². The fraction of sp³-hybridized carbons (Fsp3) is 0.357. The van der Waals surface area contributed by atoms with E-state index in [1.807, 2.05) is 32.0 Å². The Morgan fingerprint density at radius 3 is 2.76 bits per heavy atom. The van der Waals surface area contributed by atoms with Crippen molar-refractivity contribution in [1.82, 2.24) is 15.0 Å². The van der Waals surface area contributed by atoms with Crippen molar-refractivity contribution < 1.29 is 14.6 Å². The number of ether oxygens (including phenoxy) is 1. The zero-order valence-corrected chi connectivity index (χ0v) is 13.6. The highest BCUT2D eigenvalue weighted by molar-refractivity contribution is 9.10. The Hall–Kier alpha value is -1.89. The van der Waals surface area contributed by atoms with Crippen molar-refractivity contribution in [1.29, 1.82) is 0 Å². The highest BCUT2D eigenvalue weighted by Crippen LogP contribution is 2.25. The SMILES string of the molecule is COc1ccc(Br)cc1Cn1nnc(C(=O)O)c1C(C)C. The Morgan fingerprint density at radius 1 is 1.48 bits per heavy atom. The largest absolute Gasteiger partial charge is 0.496 e. The highest BCUT2D eigenvalue weighted by atomic mass is 79.9. The van der Waals surface area contributed by atoms with Crippen LogP contribution in [0.2, 0.25) is 0 Å². The number of hydrogen-bond acceptors (Lipinski definition) is 4. The lowest BCUT2D eigenvalue weighted by Gasteiger charge is -2.12. The molecule has 0 saturated heterocycles. The Bertz CT molecular complexity index is 667. The van der Waals surface area contributed by atoms with Crippen molar-refractivity contribution in [3.63, 3.8) is 0 Å². The zero-order valence-electron chi connectivity index (χ0n) is 12.0. The summed E-state index contributed by atoms with van der Waals surface area (Å²) in [6.45, 7) is 4.23. The van der Waals surface area contributed by atoms with Gasteiger partial charge in [-0.15, -0.1) is 5.10 Å². The third-order valence-corrected chi connectivity index (χ3v) is 3.58. The smallest absolute Gasteiger partial charge is 0.358 e. The van der Waals surface area contributed by atoms with Gasteiger partial charge in [-0.1, -0.05) is 35.0 Å². The van der Waals surface area contributed by atoms with Crippen LogP contribution in [0.3, 0.4) is 0 Å². The van der Waals surface area contributed by atoms with E-state index in [0.717, 1.165) is 15.8 Å². The lowest BCUT2D eigenvalue weighted by atomic mass is 10.1. The summed E-state index contributed by atoms with van der Waals surface area (Å²) >= 11 is 3.42. The number of aromatic carboxylic acids is 1. The molecule has 2 aromatic rings. The van der Waals surface area contributed by atoms with Crippen molar-refractivity contribution in [2.24, 2.45) is 0 Å². The molecule has 0 amide bonds. The predicted octanol–water partition coefficient (Wildman–Crippen LogP) is 2.92. The number of methoxy groups -OCH3 is 1. The maximum absolute atomic E-state index is 11.2. The van der Waals surface area contributed by atoms with Gasteiger partial charge >= 0.3 is 5.97 Å². The number of hydrogen-bond donors (Lipinski definition) is 1.